The zero-order chi connectivity index (χ0) is 12.1. The van der Waals surface area contributed by atoms with Crippen molar-refractivity contribution in [2.75, 3.05) is 26.4 Å². The first-order chi connectivity index (χ1) is 7.50. The van der Waals surface area contributed by atoms with E-state index in [9.17, 15) is 4.79 Å². The molecule has 3 N–H and O–H groups in total. The van der Waals surface area contributed by atoms with Crippen molar-refractivity contribution in [1.82, 2.24) is 15.2 Å². The van der Waals surface area contributed by atoms with Gasteiger partial charge in [0.05, 0.1) is 0 Å². The molecule has 0 radical (unpaired) electrons. The largest absolute Gasteiger partial charge is 0.384 e. The number of anilines is 1. The molecule has 0 aliphatic heterocycles. The van der Waals surface area contributed by atoms with Gasteiger partial charge in [0, 0.05) is 24.3 Å². The molecule has 5 nitrogen and oxygen atoms in total. The van der Waals surface area contributed by atoms with Crippen molar-refractivity contribution >= 4 is 11.7 Å². The van der Waals surface area contributed by atoms with E-state index >= 15 is 0 Å². The topological polar surface area (TPSA) is 71.2 Å². The quantitative estimate of drug-likeness (QED) is 0.771. The van der Waals surface area contributed by atoms with E-state index in [-0.39, 0.29) is 5.91 Å². The third-order valence-corrected chi connectivity index (χ3v) is 2.48. The van der Waals surface area contributed by atoms with Crippen molar-refractivity contribution in [2.24, 2.45) is 0 Å². The number of aromatic nitrogens is 1. The highest BCUT2D eigenvalue weighted by Gasteiger charge is 2.09. The highest BCUT2D eigenvalue weighted by Crippen LogP contribution is 2.02. The Kier molecular flexibility index (Phi) is 4.25. The molecule has 16 heavy (non-hydrogen) atoms. The maximum Gasteiger partial charge on any atom is 0.251 e. The van der Waals surface area contributed by atoms with E-state index in [1.807, 2.05) is 25.9 Å². The summed E-state index contributed by atoms with van der Waals surface area (Å²) >= 11 is 0. The SMILES string of the molecule is CC(CNC(=O)c1ccnc(N)c1)N(C)C. The molecule has 0 aliphatic carbocycles. The molecular weight excluding hydrogens is 204 g/mol. The highest BCUT2D eigenvalue weighted by atomic mass is 16.1. The molecule has 1 amide bonds. The summed E-state index contributed by atoms with van der Waals surface area (Å²) < 4.78 is 0. The lowest BCUT2D eigenvalue weighted by molar-refractivity contribution is 0.0943. The minimum Gasteiger partial charge on any atom is -0.384 e. The van der Waals surface area contributed by atoms with Crippen LogP contribution >= 0.6 is 0 Å². The summed E-state index contributed by atoms with van der Waals surface area (Å²) in [7, 11) is 3.95. The first-order valence-corrected chi connectivity index (χ1v) is 5.17. The minimum atomic E-state index is -0.122. The second kappa shape index (κ2) is 5.46. The predicted octanol–water partition coefficient (Wildman–Crippen LogP) is 0.344. The van der Waals surface area contributed by atoms with E-state index in [4.69, 9.17) is 5.73 Å². The van der Waals surface area contributed by atoms with Gasteiger partial charge in [-0.1, -0.05) is 0 Å². The van der Waals surface area contributed by atoms with Gasteiger partial charge in [-0.15, -0.1) is 0 Å². The van der Waals surface area contributed by atoms with Crippen LogP contribution in [-0.2, 0) is 0 Å². The zero-order valence-electron chi connectivity index (χ0n) is 9.90. The number of likely N-dealkylation sites (N-methyl/N-ethyl adjacent to an activating group) is 1. The lowest BCUT2D eigenvalue weighted by Crippen LogP contribution is -2.38. The van der Waals surface area contributed by atoms with Gasteiger partial charge in [-0.3, -0.25) is 4.79 Å². The number of carbonyl (C=O) groups excluding carboxylic acids is 1. The Morgan fingerprint density at radius 2 is 2.31 bits per heavy atom. The Hall–Kier alpha value is -1.62. The van der Waals surface area contributed by atoms with Gasteiger partial charge >= 0.3 is 0 Å². The summed E-state index contributed by atoms with van der Waals surface area (Å²) in [6.45, 7) is 2.65. The first kappa shape index (κ1) is 12.4. The number of nitrogens with zero attached hydrogens (tertiary/aromatic N) is 2. The smallest absolute Gasteiger partial charge is 0.251 e. The number of pyridine rings is 1. The van der Waals surface area contributed by atoms with Crippen molar-refractivity contribution in [3.05, 3.63) is 23.9 Å². The molecule has 0 aromatic carbocycles. The third kappa shape index (κ3) is 3.51. The van der Waals surface area contributed by atoms with E-state index in [1.165, 1.54) is 6.20 Å². The van der Waals surface area contributed by atoms with E-state index in [0.29, 0.717) is 24.0 Å². The molecule has 5 heteroatoms. The molecule has 0 aliphatic rings. The second-order valence-electron chi connectivity index (χ2n) is 3.99. The molecule has 1 unspecified atom stereocenters. The monoisotopic (exact) mass is 222 g/mol. The fourth-order valence-corrected chi connectivity index (χ4v) is 1.11. The Morgan fingerprint density at radius 1 is 1.62 bits per heavy atom. The lowest BCUT2D eigenvalue weighted by Gasteiger charge is -2.19. The van der Waals surface area contributed by atoms with Gasteiger partial charge in [-0.2, -0.15) is 0 Å². The van der Waals surface area contributed by atoms with Crippen LogP contribution in [0.1, 0.15) is 17.3 Å². The van der Waals surface area contributed by atoms with Crippen LogP contribution in [0.3, 0.4) is 0 Å². The summed E-state index contributed by atoms with van der Waals surface area (Å²) in [4.78, 5) is 17.6. The number of nitrogens with two attached hydrogens (primary N) is 1. The first-order valence-electron chi connectivity index (χ1n) is 5.17. The molecule has 1 rings (SSSR count). The van der Waals surface area contributed by atoms with Crippen molar-refractivity contribution in [1.29, 1.82) is 0 Å². The molecule has 0 bridgehead atoms. The molecule has 0 spiro atoms. The normalized spacial score (nSPS) is 12.5. The molecular formula is C11H18N4O. The minimum absolute atomic E-state index is 0.122. The molecule has 1 aromatic rings. The van der Waals surface area contributed by atoms with Gasteiger partial charge < -0.3 is 16.0 Å². The van der Waals surface area contributed by atoms with Gasteiger partial charge in [0.15, 0.2) is 0 Å². The van der Waals surface area contributed by atoms with Crippen LogP contribution in [-0.4, -0.2) is 42.5 Å². The van der Waals surface area contributed by atoms with Crippen molar-refractivity contribution < 1.29 is 4.79 Å². The van der Waals surface area contributed by atoms with E-state index in [0.717, 1.165) is 0 Å². The Morgan fingerprint density at radius 3 is 2.88 bits per heavy atom. The van der Waals surface area contributed by atoms with Crippen LogP contribution in [0, 0.1) is 0 Å². The van der Waals surface area contributed by atoms with Gasteiger partial charge in [0.2, 0.25) is 0 Å². The highest BCUT2D eigenvalue weighted by molar-refractivity contribution is 5.94. The van der Waals surface area contributed by atoms with E-state index < -0.39 is 0 Å². The van der Waals surface area contributed by atoms with Gasteiger partial charge in [0.25, 0.3) is 5.91 Å². The van der Waals surface area contributed by atoms with Crippen LogP contribution in [0.5, 0.6) is 0 Å². The van der Waals surface area contributed by atoms with Crippen LogP contribution in [0.4, 0.5) is 5.82 Å². The maximum atomic E-state index is 11.7. The number of nitrogen functional groups attached to an aromatic ring is 1. The van der Waals surface area contributed by atoms with Crippen molar-refractivity contribution in [3.8, 4) is 0 Å². The van der Waals surface area contributed by atoms with Crippen LogP contribution in [0.25, 0.3) is 0 Å². The number of amides is 1. The van der Waals surface area contributed by atoms with Crippen LogP contribution in [0.2, 0.25) is 0 Å². The van der Waals surface area contributed by atoms with E-state index in [2.05, 4.69) is 10.3 Å². The van der Waals surface area contributed by atoms with Crippen LogP contribution in [0.15, 0.2) is 18.3 Å². The van der Waals surface area contributed by atoms with Gasteiger partial charge in [0.1, 0.15) is 5.82 Å². The fourth-order valence-electron chi connectivity index (χ4n) is 1.11. The van der Waals surface area contributed by atoms with Crippen molar-refractivity contribution in [2.45, 2.75) is 13.0 Å². The maximum absolute atomic E-state index is 11.7. The average Bonchev–Trinajstić information content (AvgIpc) is 2.25. The number of rotatable bonds is 4. The molecule has 0 saturated heterocycles. The summed E-state index contributed by atoms with van der Waals surface area (Å²) in [5.41, 5.74) is 6.04. The Balaban J connectivity index is 2.53. The predicted molar refractivity (Wildman–Crippen MR) is 64.1 cm³/mol. The van der Waals surface area contributed by atoms with Crippen molar-refractivity contribution in [3.63, 3.8) is 0 Å². The summed E-state index contributed by atoms with van der Waals surface area (Å²) in [6.07, 6.45) is 1.53. The molecule has 1 aromatic heterocycles. The van der Waals surface area contributed by atoms with Crippen LogP contribution < -0.4 is 11.1 Å². The Labute approximate surface area is 95.7 Å². The molecule has 1 heterocycles. The van der Waals surface area contributed by atoms with Gasteiger partial charge in [-0.05, 0) is 33.2 Å². The fraction of sp³-hybridized carbons (Fsp3) is 0.455. The lowest BCUT2D eigenvalue weighted by atomic mass is 10.2. The summed E-state index contributed by atoms with van der Waals surface area (Å²) in [5.74, 6) is 0.233. The second-order valence-corrected chi connectivity index (χ2v) is 3.99. The number of hydrogen-bond donors (Lipinski definition) is 2. The standard InChI is InChI=1S/C11H18N4O/c1-8(15(2)3)7-14-11(16)9-4-5-13-10(12)6-9/h4-6,8H,7H2,1-3H3,(H2,12,13)(H,14,16). The molecule has 0 fully saturated rings. The number of nitrogens with one attached hydrogen (secondary N) is 1. The summed E-state index contributed by atoms with van der Waals surface area (Å²) in [5, 5.41) is 2.84. The molecule has 0 saturated carbocycles. The summed E-state index contributed by atoms with van der Waals surface area (Å²) in [6, 6.07) is 3.50. The zero-order valence-corrected chi connectivity index (χ0v) is 9.90. The van der Waals surface area contributed by atoms with Gasteiger partial charge in [-0.25, -0.2) is 4.98 Å². The number of carbonyl (C=O) groups is 1. The Bertz CT molecular complexity index is 365. The molecule has 1 atom stereocenters. The average molecular weight is 222 g/mol. The number of hydrogen-bond acceptors (Lipinski definition) is 4. The third-order valence-electron chi connectivity index (χ3n) is 2.48. The van der Waals surface area contributed by atoms with E-state index in [1.54, 1.807) is 12.1 Å². The molecule has 88 valence electrons.